The first kappa shape index (κ1) is 16.1. The zero-order chi connectivity index (χ0) is 15.7. The fourth-order valence-electron chi connectivity index (χ4n) is 1.93. The summed E-state index contributed by atoms with van der Waals surface area (Å²) >= 11 is 12.9. The molecule has 2 rings (SSSR count). The number of benzene rings is 1. The number of imide groups is 1. The Morgan fingerprint density at radius 2 is 2.10 bits per heavy atom. The summed E-state index contributed by atoms with van der Waals surface area (Å²) in [5, 5.41) is 7.75. The zero-order valence-corrected chi connectivity index (χ0v) is 13.2. The molecule has 1 N–H and O–H groups in total. The summed E-state index contributed by atoms with van der Waals surface area (Å²) in [6.07, 6.45) is -0.0516. The van der Waals surface area contributed by atoms with E-state index in [1.807, 2.05) is 0 Å². The second-order valence-corrected chi connectivity index (χ2v) is 6.78. The number of carboxylic acid groups (broad SMARTS) is 1. The van der Waals surface area contributed by atoms with Crippen LogP contribution in [0, 0.1) is 0 Å². The quantitative estimate of drug-likeness (QED) is 0.847. The summed E-state index contributed by atoms with van der Waals surface area (Å²) in [6.45, 7) is 1.47. The van der Waals surface area contributed by atoms with Crippen LogP contribution < -0.4 is 4.90 Å². The Balaban J connectivity index is 2.27. The number of halogens is 2. The number of thioether (sulfide) groups is 1. The molecule has 1 aliphatic rings. The van der Waals surface area contributed by atoms with Crippen LogP contribution in [0.15, 0.2) is 18.2 Å². The third kappa shape index (κ3) is 3.17. The SMILES string of the molecule is CC(SC1CC(=O)N(c2cccc(Cl)c2Cl)C1=O)C(=O)O. The molecule has 112 valence electrons. The molecular formula is C13H11Cl2NO4S. The normalized spacial score (nSPS) is 20.0. The number of anilines is 1. The van der Waals surface area contributed by atoms with Crippen molar-refractivity contribution in [3.63, 3.8) is 0 Å². The molecule has 1 saturated heterocycles. The van der Waals surface area contributed by atoms with Gasteiger partial charge in [0.1, 0.15) is 5.25 Å². The maximum atomic E-state index is 12.3. The van der Waals surface area contributed by atoms with Crippen LogP contribution in [0.4, 0.5) is 5.69 Å². The van der Waals surface area contributed by atoms with Crippen LogP contribution in [-0.2, 0) is 14.4 Å². The number of carbonyl (C=O) groups is 3. The molecule has 0 aliphatic carbocycles. The maximum Gasteiger partial charge on any atom is 0.316 e. The molecule has 5 nitrogen and oxygen atoms in total. The number of hydrogen-bond donors (Lipinski definition) is 1. The van der Waals surface area contributed by atoms with E-state index in [0.29, 0.717) is 0 Å². The highest BCUT2D eigenvalue weighted by Crippen LogP contribution is 2.37. The summed E-state index contributed by atoms with van der Waals surface area (Å²) < 4.78 is 0. The van der Waals surface area contributed by atoms with Gasteiger partial charge in [-0.2, -0.15) is 0 Å². The van der Waals surface area contributed by atoms with E-state index in [9.17, 15) is 14.4 Å². The number of carbonyl (C=O) groups excluding carboxylic acids is 2. The largest absolute Gasteiger partial charge is 0.480 e. The van der Waals surface area contributed by atoms with Gasteiger partial charge in [0.15, 0.2) is 0 Å². The Bertz CT molecular complexity index is 622. The van der Waals surface area contributed by atoms with E-state index in [4.69, 9.17) is 28.3 Å². The lowest BCUT2D eigenvalue weighted by Crippen LogP contribution is -2.32. The Morgan fingerprint density at radius 1 is 1.43 bits per heavy atom. The van der Waals surface area contributed by atoms with Crippen molar-refractivity contribution in [1.29, 1.82) is 0 Å². The average molecular weight is 348 g/mol. The van der Waals surface area contributed by atoms with Crippen LogP contribution in [0.3, 0.4) is 0 Å². The molecule has 0 spiro atoms. The van der Waals surface area contributed by atoms with Gasteiger partial charge in [-0.05, 0) is 19.1 Å². The number of carboxylic acids is 1. The monoisotopic (exact) mass is 347 g/mol. The molecule has 21 heavy (non-hydrogen) atoms. The molecule has 0 aromatic heterocycles. The second kappa shape index (κ2) is 6.25. The molecule has 0 radical (unpaired) electrons. The Kier molecular flexibility index (Phi) is 4.81. The molecule has 1 aliphatic heterocycles. The van der Waals surface area contributed by atoms with Crippen molar-refractivity contribution >= 4 is 58.4 Å². The molecule has 8 heteroatoms. The van der Waals surface area contributed by atoms with E-state index in [0.717, 1.165) is 16.7 Å². The summed E-state index contributed by atoms with van der Waals surface area (Å²) in [5.41, 5.74) is 0.227. The molecule has 0 saturated carbocycles. The molecule has 2 unspecified atom stereocenters. The highest BCUT2D eigenvalue weighted by Gasteiger charge is 2.42. The molecule has 1 fully saturated rings. The van der Waals surface area contributed by atoms with Crippen LogP contribution in [-0.4, -0.2) is 33.4 Å². The minimum atomic E-state index is -1.03. The Morgan fingerprint density at radius 3 is 2.71 bits per heavy atom. The van der Waals surface area contributed by atoms with E-state index < -0.39 is 28.3 Å². The third-order valence-corrected chi connectivity index (χ3v) is 5.11. The topological polar surface area (TPSA) is 74.7 Å². The lowest BCUT2D eigenvalue weighted by Gasteiger charge is -2.17. The predicted molar refractivity (Wildman–Crippen MR) is 82.0 cm³/mol. The Hall–Kier alpha value is -1.24. The van der Waals surface area contributed by atoms with Crippen molar-refractivity contribution in [1.82, 2.24) is 0 Å². The summed E-state index contributed by atoms with van der Waals surface area (Å²) in [6, 6.07) is 4.67. The van der Waals surface area contributed by atoms with Crippen LogP contribution in [0.5, 0.6) is 0 Å². The first-order chi connectivity index (χ1) is 9.82. The van der Waals surface area contributed by atoms with Crippen molar-refractivity contribution in [3.05, 3.63) is 28.2 Å². The fraction of sp³-hybridized carbons (Fsp3) is 0.308. The Labute approximate surface area is 135 Å². The number of aliphatic carboxylic acids is 1. The van der Waals surface area contributed by atoms with Crippen molar-refractivity contribution in [2.45, 2.75) is 23.8 Å². The zero-order valence-electron chi connectivity index (χ0n) is 10.9. The fourth-order valence-corrected chi connectivity index (χ4v) is 3.38. The van der Waals surface area contributed by atoms with Gasteiger partial charge in [0.2, 0.25) is 11.8 Å². The van der Waals surface area contributed by atoms with Crippen molar-refractivity contribution in [3.8, 4) is 0 Å². The highest BCUT2D eigenvalue weighted by molar-refractivity contribution is 8.01. The highest BCUT2D eigenvalue weighted by atomic mass is 35.5. The average Bonchev–Trinajstić information content (AvgIpc) is 2.68. The first-order valence-electron chi connectivity index (χ1n) is 6.02. The van der Waals surface area contributed by atoms with Gasteiger partial charge in [-0.25, -0.2) is 4.90 Å². The van der Waals surface area contributed by atoms with Gasteiger partial charge in [-0.1, -0.05) is 29.3 Å². The summed E-state index contributed by atoms with van der Waals surface area (Å²) in [7, 11) is 0. The number of hydrogen-bond acceptors (Lipinski definition) is 4. The van der Waals surface area contributed by atoms with Crippen molar-refractivity contribution in [2.75, 3.05) is 4.90 Å². The molecule has 0 bridgehead atoms. The van der Waals surface area contributed by atoms with E-state index in [-0.39, 0.29) is 22.2 Å². The number of rotatable bonds is 4. The minimum absolute atomic E-state index is 0.0516. The molecule has 1 aromatic rings. The van der Waals surface area contributed by atoms with Crippen LogP contribution in [0.25, 0.3) is 0 Å². The third-order valence-electron chi connectivity index (χ3n) is 2.99. The molecule has 1 heterocycles. The lowest BCUT2D eigenvalue weighted by molar-refractivity contribution is -0.136. The van der Waals surface area contributed by atoms with Crippen LogP contribution in [0.1, 0.15) is 13.3 Å². The standard InChI is InChI=1S/C13H11Cl2NO4S/c1-6(13(19)20)21-9-5-10(17)16(12(9)18)8-4-2-3-7(14)11(8)15/h2-4,6,9H,5H2,1H3,(H,19,20). The van der Waals surface area contributed by atoms with Gasteiger partial charge in [0.25, 0.3) is 0 Å². The predicted octanol–water partition coefficient (Wildman–Crippen LogP) is 2.83. The lowest BCUT2D eigenvalue weighted by atomic mass is 10.3. The van der Waals surface area contributed by atoms with Gasteiger partial charge in [0.05, 0.1) is 21.0 Å². The van der Waals surface area contributed by atoms with Crippen molar-refractivity contribution < 1.29 is 19.5 Å². The maximum absolute atomic E-state index is 12.3. The van der Waals surface area contributed by atoms with E-state index in [1.165, 1.54) is 13.0 Å². The molecule has 2 atom stereocenters. The molecule has 1 aromatic carbocycles. The van der Waals surface area contributed by atoms with Crippen LogP contribution in [0.2, 0.25) is 10.0 Å². The van der Waals surface area contributed by atoms with Gasteiger partial charge in [0, 0.05) is 6.42 Å². The molecule has 2 amide bonds. The smallest absolute Gasteiger partial charge is 0.316 e. The van der Waals surface area contributed by atoms with E-state index >= 15 is 0 Å². The summed E-state index contributed by atoms with van der Waals surface area (Å²) in [5.74, 6) is -1.92. The summed E-state index contributed by atoms with van der Waals surface area (Å²) in [4.78, 5) is 36.2. The molecular weight excluding hydrogens is 337 g/mol. The minimum Gasteiger partial charge on any atom is -0.480 e. The van der Waals surface area contributed by atoms with E-state index in [1.54, 1.807) is 12.1 Å². The van der Waals surface area contributed by atoms with Crippen LogP contribution >= 0.6 is 35.0 Å². The second-order valence-electron chi connectivity index (χ2n) is 4.45. The van der Waals surface area contributed by atoms with Gasteiger partial charge in [-0.15, -0.1) is 11.8 Å². The van der Waals surface area contributed by atoms with Crippen molar-refractivity contribution in [2.24, 2.45) is 0 Å². The van der Waals surface area contributed by atoms with Gasteiger partial charge in [-0.3, -0.25) is 14.4 Å². The number of amides is 2. The first-order valence-corrected chi connectivity index (χ1v) is 7.72. The van der Waals surface area contributed by atoms with E-state index in [2.05, 4.69) is 0 Å². The number of nitrogens with zero attached hydrogens (tertiary/aromatic N) is 1. The van der Waals surface area contributed by atoms with Gasteiger partial charge >= 0.3 is 5.97 Å². The van der Waals surface area contributed by atoms with Gasteiger partial charge < -0.3 is 5.11 Å².